The summed E-state index contributed by atoms with van der Waals surface area (Å²) in [5.74, 6) is 1.89. The van der Waals surface area contributed by atoms with E-state index in [1.165, 1.54) is 31.4 Å². The van der Waals surface area contributed by atoms with Crippen LogP contribution in [-0.4, -0.2) is 37.2 Å². The molecule has 1 aromatic rings. The lowest BCUT2D eigenvalue weighted by Crippen LogP contribution is -2.56. The molecular formula is C17H26N2O. The summed E-state index contributed by atoms with van der Waals surface area (Å²) in [6.07, 6.45) is 4.05. The Hall–Kier alpha value is -1.06. The predicted molar refractivity (Wildman–Crippen MR) is 82.0 cm³/mol. The van der Waals surface area contributed by atoms with Gasteiger partial charge in [0.25, 0.3) is 0 Å². The maximum absolute atomic E-state index is 5.34. The molecule has 1 saturated carbocycles. The average molecular weight is 274 g/mol. The quantitative estimate of drug-likeness (QED) is 0.893. The molecule has 1 heterocycles. The molecule has 2 unspecified atom stereocenters. The molecule has 0 spiro atoms. The molecule has 3 rings (SSSR count). The first-order valence-corrected chi connectivity index (χ1v) is 7.90. The Morgan fingerprint density at radius 1 is 1.35 bits per heavy atom. The molecule has 2 fully saturated rings. The SMILES string of the molecule is CCC1CNC(C2CC2)CN1Cc1cccc(OC)c1. The number of methoxy groups -OCH3 is 1. The molecule has 0 amide bonds. The van der Waals surface area contributed by atoms with E-state index in [9.17, 15) is 0 Å². The van der Waals surface area contributed by atoms with Gasteiger partial charge in [-0.1, -0.05) is 19.1 Å². The van der Waals surface area contributed by atoms with E-state index in [4.69, 9.17) is 4.74 Å². The molecule has 2 atom stereocenters. The Morgan fingerprint density at radius 3 is 2.90 bits per heavy atom. The van der Waals surface area contributed by atoms with Gasteiger partial charge in [0.2, 0.25) is 0 Å². The fourth-order valence-corrected chi connectivity index (χ4v) is 3.30. The van der Waals surface area contributed by atoms with E-state index in [0.717, 1.165) is 24.8 Å². The van der Waals surface area contributed by atoms with Gasteiger partial charge in [-0.05, 0) is 42.9 Å². The van der Waals surface area contributed by atoms with Gasteiger partial charge in [-0.2, -0.15) is 0 Å². The van der Waals surface area contributed by atoms with Crippen LogP contribution in [0.5, 0.6) is 5.75 Å². The van der Waals surface area contributed by atoms with E-state index < -0.39 is 0 Å². The van der Waals surface area contributed by atoms with Gasteiger partial charge >= 0.3 is 0 Å². The highest BCUT2D eigenvalue weighted by molar-refractivity contribution is 5.28. The number of benzene rings is 1. The third-order valence-electron chi connectivity index (χ3n) is 4.75. The first-order chi connectivity index (χ1) is 9.80. The minimum absolute atomic E-state index is 0.663. The number of hydrogen-bond acceptors (Lipinski definition) is 3. The van der Waals surface area contributed by atoms with Crippen molar-refractivity contribution < 1.29 is 4.74 Å². The molecule has 110 valence electrons. The van der Waals surface area contributed by atoms with Gasteiger partial charge in [0.05, 0.1) is 7.11 Å². The van der Waals surface area contributed by atoms with Gasteiger partial charge in [-0.3, -0.25) is 4.90 Å². The Morgan fingerprint density at radius 2 is 2.20 bits per heavy atom. The van der Waals surface area contributed by atoms with Crippen LogP contribution in [0.3, 0.4) is 0 Å². The van der Waals surface area contributed by atoms with Crippen LogP contribution in [0.15, 0.2) is 24.3 Å². The van der Waals surface area contributed by atoms with Crippen molar-refractivity contribution in [3.63, 3.8) is 0 Å². The van der Waals surface area contributed by atoms with E-state index >= 15 is 0 Å². The third kappa shape index (κ3) is 3.15. The second-order valence-corrected chi connectivity index (χ2v) is 6.20. The molecule has 1 aliphatic carbocycles. The van der Waals surface area contributed by atoms with E-state index in [0.29, 0.717) is 12.1 Å². The predicted octanol–water partition coefficient (Wildman–Crippen LogP) is 2.66. The van der Waals surface area contributed by atoms with Crippen molar-refractivity contribution in [3.05, 3.63) is 29.8 Å². The highest BCUT2D eigenvalue weighted by Crippen LogP contribution is 2.34. The first kappa shape index (κ1) is 13.9. The van der Waals surface area contributed by atoms with Crippen LogP contribution < -0.4 is 10.1 Å². The Balaban J connectivity index is 1.68. The fourth-order valence-electron chi connectivity index (χ4n) is 3.30. The molecule has 20 heavy (non-hydrogen) atoms. The van der Waals surface area contributed by atoms with Crippen LogP contribution in [-0.2, 0) is 6.54 Å². The maximum Gasteiger partial charge on any atom is 0.119 e. The van der Waals surface area contributed by atoms with E-state index in [2.05, 4.69) is 35.3 Å². The van der Waals surface area contributed by atoms with Gasteiger partial charge in [-0.25, -0.2) is 0 Å². The summed E-state index contributed by atoms with van der Waals surface area (Å²) < 4.78 is 5.34. The van der Waals surface area contributed by atoms with E-state index in [1.807, 2.05) is 6.07 Å². The van der Waals surface area contributed by atoms with Gasteiger partial charge in [0, 0.05) is 31.7 Å². The Labute approximate surface area is 122 Å². The van der Waals surface area contributed by atoms with E-state index in [-0.39, 0.29) is 0 Å². The zero-order valence-electron chi connectivity index (χ0n) is 12.6. The lowest BCUT2D eigenvalue weighted by Gasteiger charge is -2.40. The van der Waals surface area contributed by atoms with Gasteiger partial charge in [-0.15, -0.1) is 0 Å². The zero-order valence-corrected chi connectivity index (χ0v) is 12.6. The summed E-state index contributed by atoms with van der Waals surface area (Å²) >= 11 is 0. The van der Waals surface area contributed by atoms with Crippen LogP contribution in [0.2, 0.25) is 0 Å². The van der Waals surface area contributed by atoms with Crippen molar-refractivity contribution in [2.45, 2.75) is 44.8 Å². The lowest BCUT2D eigenvalue weighted by molar-refractivity contribution is 0.111. The van der Waals surface area contributed by atoms with Crippen LogP contribution in [0, 0.1) is 5.92 Å². The molecule has 0 radical (unpaired) electrons. The topological polar surface area (TPSA) is 24.5 Å². The van der Waals surface area contributed by atoms with Crippen LogP contribution in [0.25, 0.3) is 0 Å². The van der Waals surface area contributed by atoms with Crippen LogP contribution in [0.4, 0.5) is 0 Å². The van der Waals surface area contributed by atoms with E-state index in [1.54, 1.807) is 7.11 Å². The minimum atomic E-state index is 0.663. The first-order valence-electron chi connectivity index (χ1n) is 7.90. The second kappa shape index (κ2) is 6.15. The van der Waals surface area contributed by atoms with Crippen molar-refractivity contribution >= 4 is 0 Å². The summed E-state index contributed by atoms with van der Waals surface area (Å²) in [6.45, 7) is 5.67. The van der Waals surface area contributed by atoms with Gasteiger partial charge in [0.1, 0.15) is 5.75 Å². The molecule has 3 nitrogen and oxygen atoms in total. The molecule has 1 N–H and O–H groups in total. The van der Waals surface area contributed by atoms with Crippen molar-refractivity contribution in [3.8, 4) is 5.75 Å². The fraction of sp³-hybridized carbons (Fsp3) is 0.647. The van der Waals surface area contributed by atoms with Crippen LogP contribution in [0.1, 0.15) is 31.7 Å². The highest BCUT2D eigenvalue weighted by atomic mass is 16.5. The molecule has 0 aromatic heterocycles. The summed E-state index contributed by atoms with van der Waals surface area (Å²) in [6, 6.07) is 9.87. The third-order valence-corrected chi connectivity index (χ3v) is 4.75. The molecule has 1 saturated heterocycles. The molecular weight excluding hydrogens is 248 g/mol. The van der Waals surface area contributed by atoms with Crippen molar-refractivity contribution in [2.75, 3.05) is 20.2 Å². The molecule has 3 heteroatoms. The second-order valence-electron chi connectivity index (χ2n) is 6.20. The van der Waals surface area contributed by atoms with Crippen molar-refractivity contribution in [1.29, 1.82) is 0 Å². The monoisotopic (exact) mass is 274 g/mol. The molecule has 0 bridgehead atoms. The zero-order chi connectivity index (χ0) is 13.9. The largest absolute Gasteiger partial charge is 0.497 e. The summed E-state index contributed by atoms with van der Waals surface area (Å²) in [7, 11) is 1.74. The molecule has 1 aliphatic heterocycles. The average Bonchev–Trinajstić information content (AvgIpc) is 3.32. The van der Waals surface area contributed by atoms with Gasteiger partial charge in [0.15, 0.2) is 0 Å². The normalized spacial score (nSPS) is 27.5. The van der Waals surface area contributed by atoms with Crippen molar-refractivity contribution in [2.24, 2.45) is 5.92 Å². The Bertz CT molecular complexity index is 444. The number of nitrogens with zero attached hydrogens (tertiary/aromatic N) is 1. The molecule has 2 aliphatic rings. The van der Waals surface area contributed by atoms with Crippen molar-refractivity contribution in [1.82, 2.24) is 10.2 Å². The smallest absolute Gasteiger partial charge is 0.119 e. The minimum Gasteiger partial charge on any atom is -0.497 e. The summed E-state index contributed by atoms with van der Waals surface area (Å²) in [5, 5.41) is 3.75. The number of rotatable bonds is 5. The summed E-state index contributed by atoms with van der Waals surface area (Å²) in [5.41, 5.74) is 1.36. The standard InChI is InChI=1S/C17H26N2O/c1-3-15-10-18-17(14-7-8-14)12-19(15)11-13-5-4-6-16(9-13)20-2/h4-6,9,14-15,17-18H,3,7-8,10-12H2,1-2H3. The highest BCUT2D eigenvalue weighted by Gasteiger charge is 2.36. The van der Waals surface area contributed by atoms with Gasteiger partial charge < -0.3 is 10.1 Å². The maximum atomic E-state index is 5.34. The number of piperazine rings is 1. The van der Waals surface area contributed by atoms with Crippen LogP contribution >= 0.6 is 0 Å². The lowest BCUT2D eigenvalue weighted by atomic mass is 10.0. The number of ether oxygens (including phenoxy) is 1. The Kier molecular flexibility index (Phi) is 4.27. The number of hydrogen-bond donors (Lipinski definition) is 1. The molecule has 1 aromatic carbocycles. The number of nitrogens with one attached hydrogen (secondary N) is 1. The summed E-state index contributed by atoms with van der Waals surface area (Å²) in [4.78, 5) is 2.66.